The number of hydrazone groups is 1. The van der Waals surface area contributed by atoms with Crippen LogP contribution >= 0.6 is 0 Å². The standard InChI is InChI=1S/C15H16N2O3/c1-3-19-13-8-5-12(6-9-13)15(18)17-16-10-14-7-4-11(2)20-14/h4-10H,3H2,1-2H3,(H,17,18)/b16-10-. The van der Waals surface area contributed by atoms with Gasteiger partial charge in [0.15, 0.2) is 0 Å². The highest BCUT2D eigenvalue weighted by Gasteiger charge is 2.04. The lowest BCUT2D eigenvalue weighted by molar-refractivity contribution is 0.0955. The first kappa shape index (κ1) is 13.9. The quantitative estimate of drug-likeness (QED) is 0.672. The zero-order chi connectivity index (χ0) is 14.4. The molecule has 0 atom stereocenters. The highest BCUT2D eigenvalue weighted by molar-refractivity contribution is 5.94. The fourth-order valence-electron chi connectivity index (χ4n) is 1.61. The van der Waals surface area contributed by atoms with Crippen LogP contribution in [0.3, 0.4) is 0 Å². The summed E-state index contributed by atoms with van der Waals surface area (Å²) in [5.74, 6) is 1.84. The van der Waals surface area contributed by atoms with Gasteiger partial charge in [0.25, 0.3) is 5.91 Å². The van der Waals surface area contributed by atoms with Crippen molar-refractivity contribution in [2.75, 3.05) is 6.61 Å². The maximum absolute atomic E-state index is 11.8. The molecule has 1 aromatic carbocycles. The number of carbonyl (C=O) groups excluding carboxylic acids is 1. The van der Waals surface area contributed by atoms with E-state index in [1.54, 1.807) is 30.3 Å². The van der Waals surface area contributed by atoms with E-state index in [1.807, 2.05) is 19.9 Å². The predicted octanol–water partition coefficient (Wildman–Crippen LogP) is 2.75. The van der Waals surface area contributed by atoms with Crippen LogP contribution < -0.4 is 10.2 Å². The van der Waals surface area contributed by atoms with Crippen molar-refractivity contribution in [2.24, 2.45) is 5.10 Å². The number of nitrogens with zero attached hydrogens (tertiary/aromatic N) is 1. The van der Waals surface area contributed by atoms with Gasteiger partial charge in [-0.15, -0.1) is 0 Å². The minimum absolute atomic E-state index is 0.285. The Morgan fingerprint density at radius 2 is 2.05 bits per heavy atom. The average molecular weight is 272 g/mol. The lowest BCUT2D eigenvalue weighted by atomic mass is 10.2. The molecule has 1 amide bonds. The first-order valence-electron chi connectivity index (χ1n) is 6.31. The van der Waals surface area contributed by atoms with Crippen molar-refractivity contribution in [1.82, 2.24) is 5.43 Å². The van der Waals surface area contributed by atoms with Gasteiger partial charge in [0.05, 0.1) is 12.8 Å². The molecule has 0 unspecified atom stereocenters. The Kier molecular flexibility index (Phi) is 4.55. The number of hydrogen-bond acceptors (Lipinski definition) is 4. The largest absolute Gasteiger partial charge is 0.494 e. The lowest BCUT2D eigenvalue weighted by Gasteiger charge is -2.03. The maximum Gasteiger partial charge on any atom is 0.271 e. The van der Waals surface area contributed by atoms with E-state index in [0.717, 1.165) is 11.5 Å². The van der Waals surface area contributed by atoms with E-state index in [1.165, 1.54) is 6.21 Å². The lowest BCUT2D eigenvalue weighted by Crippen LogP contribution is -2.17. The Morgan fingerprint density at radius 3 is 2.65 bits per heavy atom. The summed E-state index contributed by atoms with van der Waals surface area (Å²) in [6.45, 7) is 4.35. The molecule has 5 heteroatoms. The summed E-state index contributed by atoms with van der Waals surface area (Å²) in [5.41, 5.74) is 2.95. The third-order valence-corrected chi connectivity index (χ3v) is 2.55. The third-order valence-electron chi connectivity index (χ3n) is 2.55. The number of nitrogens with one attached hydrogen (secondary N) is 1. The normalized spacial score (nSPS) is 10.7. The van der Waals surface area contributed by atoms with Gasteiger partial charge in [0.1, 0.15) is 17.3 Å². The van der Waals surface area contributed by atoms with Gasteiger partial charge in [-0.2, -0.15) is 5.10 Å². The van der Waals surface area contributed by atoms with Crippen LogP contribution in [0.1, 0.15) is 28.8 Å². The van der Waals surface area contributed by atoms with Crippen molar-refractivity contribution in [2.45, 2.75) is 13.8 Å². The van der Waals surface area contributed by atoms with Crippen LogP contribution in [0.15, 0.2) is 45.9 Å². The monoisotopic (exact) mass is 272 g/mol. The van der Waals surface area contributed by atoms with E-state index in [0.29, 0.717) is 17.9 Å². The predicted molar refractivity (Wildman–Crippen MR) is 76.1 cm³/mol. The first-order chi connectivity index (χ1) is 9.69. The number of amides is 1. The number of hydrogen-bond donors (Lipinski definition) is 1. The van der Waals surface area contributed by atoms with Gasteiger partial charge < -0.3 is 9.15 Å². The number of rotatable bonds is 5. The molecule has 0 spiro atoms. The summed E-state index contributed by atoms with van der Waals surface area (Å²) in [4.78, 5) is 11.8. The minimum atomic E-state index is -0.285. The van der Waals surface area contributed by atoms with Crippen LogP contribution in [0, 0.1) is 6.92 Å². The van der Waals surface area contributed by atoms with E-state index in [4.69, 9.17) is 9.15 Å². The van der Waals surface area contributed by atoms with Crippen molar-refractivity contribution in [3.63, 3.8) is 0 Å². The van der Waals surface area contributed by atoms with Crippen LogP contribution in [-0.4, -0.2) is 18.7 Å². The number of aryl methyl sites for hydroxylation is 1. The van der Waals surface area contributed by atoms with E-state index >= 15 is 0 Å². The molecular formula is C15H16N2O3. The van der Waals surface area contributed by atoms with E-state index in [-0.39, 0.29) is 5.91 Å². The highest BCUT2D eigenvalue weighted by Crippen LogP contribution is 2.11. The Labute approximate surface area is 117 Å². The minimum Gasteiger partial charge on any atom is -0.494 e. The fourth-order valence-corrected chi connectivity index (χ4v) is 1.61. The zero-order valence-corrected chi connectivity index (χ0v) is 11.4. The second-order valence-corrected chi connectivity index (χ2v) is 4.10. The van der Waals surface area contributed by atoms with Gasteiger partial charge in [-0.3, -0.25) is 4.79 Å². The Bertz CT molecular complexity index is 600. The molecule has 1 heterocycles. The summed E-state index contributed by atoms with van der Waals surface area (Å²) in [5, 5.41) is 3.84. The van der Waals surface area contributed by atoms with Crippen molar-refractivity contribution < 1.29 is 13.9 Å². The number of carbonyl (C=O) groups is 1. The molecule has 104 valence electrons. The maximum atomic E-state index is 11.8. The molecule has 0 aliphatic carbocycles. The molecule has 5 nitrogen and oxygen atoms in total. The summed E-state index contributed by atoms with van der Waals surface area (Å²) in [6, 6.07) is 10.5. The molecule has 0 aliphatic heterocycles. The Morgan fingerprint density at radius 1 is 1.30 bits per heavy atom. The highest BCUT2D eigenvalue weighted by atomic mass is 16.5. The molecule has 0 aliphatic rings. The molecule has 1 aromatic heterocycles. The number of furan rings is 1. The van der Waals surface area contributed by atoms with Crippen LogP contribution in [-0.2, 0) is 0 Å². The van der Waals surface area contributed by atoms with E-state index in [2.05, 4.69) is 10.5 Å². The van der Waals surface area contributed by atoms with Crippen LogP contribution in [0.5, 0.6) is 5.75 Å². The molecule has 1 N–H and O–H groups in total. The molecule has 2 aromatic rings. The van der Waals surface area contributed by atoms with Gasteiger partial charge >= 0.3 is 0 Å². The van der Waals surface area contributed by atoms with Gasteiger partial charge in [-0.05, 0) is 50.2 Å². The Hall–Kier alpha value is -2.56. The van der Waals surface area contributed by atoms with Gasteiger partial charge in [0.2, 0.25) is 0 Å². The van der Waals surface area contributed by atoms with Crippen LogP contribution in [0.25, 0.3) is 0 Å². The third kappa shape index (κ3) is 3.71. The smallest absolute Gasteiger partial charge is 0.271 e. The first-order valence-corrected chi connectivity index (χ1v) is 6.31. The summed E-state index contributed by atoms with van der Waals surface area (Å²) < 4.78 is 10.6. The van der Waals surface area contributed by atoms with E-state index < -0.39 is 0 Å². The van der Waals surface area contributed by atoms with Gasteiger partial charge in [0, 0.05) is 5.56 Å². The Balaban J connectivity index is 1.92. The van der Waals surface area contributed by atoms with E-state index in [9.17, 15) is 4.79 Å². The van der Waals surface area contributed by atoms with Crippen molar-refractivity contribution in [3.8, 4) is 5.75 Å². The number of benzene rings is 1. The van der Waals surface area contributed by atoms with Crippen molar-refractivity contribution in [3.05, 3.63) is 53.5 Å². The molecular weight excluding hydrogens is 256 g/mol. The van der Waals surface area contributed by atoms with Crippen LogP contribution in [0.4, 0.5) is 0 Å². The van der Waals surface area contributed by atoms with Gasteiger partial charge in [-0.1, -0.05) is 0 Å². The summed E-state index contributed by atoms with van der Waals surface area (Å²) in [7, 11) is 0. The van der Waals surface area contributed by atoms with Crippen molar-refractivity contribution in [1.29, 1.82) is 0 Å². The summed E-state index contributed by atoms with van der Waals surface area (Å²) in [6.07, 6.45) is 1.46. The second-order valence-electron chi connectivity index (χ2n) is 4.10. The van der Waals surface area contributed by atoms with Crippen LogP contribution in [0.2, 0.25) is 0 Å². The van der Waals surface area contributed by atoms with Gasteiger partial charge in [-0.25, -0.2) is 5.43 Å². The molecule has 2 rings (SSSR count). The SMILES string of the molecule is CCOc1ccc(C(=O)N/N=C\c2ccc(C)o2)cc1. The average Bonchev–Trinajstić information content (AvgIpc) is 2.85. The zero-order valence-electron chi connectivity index (χ0n) is 11.4. The summed E-state index contributed by atoms with van der Waals surface area (Å²) >= 11 is 0. The molecule has 0 bridgehead atoms. The molecule has 0 saturated heterocycles. The molecule has 20 heavy (non-hydrogen) atoms. The van der Waals surface area contributed by atoms with Crippen molar-refractivity contribution >= 4 is 12.1 Å². The fraction of sp³-hybridized carbons (Fsp3) is 0.200. The second kappa shape index (κ2) is 6.56. The topological polar surface area (TPSA) is 63.8 Å². The molecule has 0 fully saturated rings. The molecule has 0 radical (unpaired) electrons. The molecule has 0 saturated carbocycles. The number of ether oxygens (including phenoxy) is 1.